The molecule has 0 radical (unpaired) electrons. The summed E-state index contributed by atoms with van der Waals surface area (Å²) in [6.45, 7) is 7.78. The molecule has 7 heteroatoms. The molecular weight excluding hydrogens is 344 g/mol. The van der Waals surface area contributed by atoms with Crippen LogP contribution in [0.15, 0.2) is 24.3 Å². The van der Waals surface area contributed by atoms with Gasteiger partial charge in [0, 0.05) is 57.9 Å². The Morgan fingerprint density at radius 2 is 1.85 bits per heavy atom. The molecule has 3 fully saturated rings. The van der Waals surface area contributed by atoms with Crippen molar-refractivity contribution in [3.63, 3.8) is 0 Å². The molecule has 7 nitrogen and oxygen atoms in total. The van der Waals surface area contributed by atoms with Gasteiger partial charge in [-0.15, -0.1) is 0 Å². The van der Waals surface area contributed by atoms with Gasteiger partial charge in [-0.1, -0.05) is 12.1 Å². The van der Waals surface area contributed by atoms with Crippen LogP contribution in [-0.2, 0) is 14.3 Å². The first-order valence-electron chi connectivity index (χ1n) is 9.92. The van der Waals surface area contributed by atoms with E-state index in [0.29, 0.717) is 18.9 Å². The predicted octanol–water partition coefficient (Wildman–Crippen LogP) is 0.317. The summed E-state index contributed by atoms with van der Waals surface area (Å²) in [5, 5.41) is 5.82. The van der Waals surface area contributed by atoms with E-state index < -0.39 is 0 Å². The van der Waals surface area contributed by atoms with E-state index in [1.54, 1.807) is 0 Å². The lowest BCUT2D eigenvalue weighted by Crippen LogP contribution is -2.51. The lowest BCUT2D eigenvalue weighted by molar-refractivity contribution is -0.134. The molecule has 3 aliphatic heterocycles. The maximum absolute atomic E-state index is 12.0. The van der Waals surface area contributed by atoms with Crippen LogP contribution in [0.25, 0.3) is 0 Å². The molecule has 0 spiro atoms. The van der Waals surface area contributed by atoms with E-state index in [9.17, 15) is 9.59 Å². The van der Waals surface area contributed by atoms with E-state index >= 15 is 0 Å². The largest absolute Gasteiger partial charge is 0.374 e. The quantitative estimate of drug-likeness (QED) is 0.742. The van der Waals surface area contributed by atoms with Gasteiger partial charge in [0.05, 0.1) is 18.6 Å². The molecule has 0 saturated carbocycles. The first-order valence-corrected chi connectivity index (χ1v) is 9.92. The van der Waals surface area contributed by atoms with Crippen LogP contribution in [0.1, 0.15) is 24.3 Å². The number of morpholine rings is 1. The van der Waals surface area contributed by atoms with Crippen LogP contribution in [0.5, 0.6) is 0 Å². The van der Waals surface area contributed by atoms with E-state index in [-0.39, 0.29) is 17.7 Å². The fourth-order valence-corrected chi connectivity index (χ4v) is 4.14. The summed E-state index contributed by atoms with van der Waals surface area (Å²) in [5.41, 5.74) is 2.19. The molecule has 0 bridgehead atoms. The van der Waals surface area contributed by atoms with Crippen molar-refractivity contribution in [2.24, 2.45) is 0 Å². The minimum atomic E-state index is -0.210. The molecule has 2 atom stereocenters. The van der Waals surface area contributed by atoms with Crippen molar-refractivity contribution in [1.82, 2.24) is 15.5 Å². The zero-order chi connectivity index (χ0) is 18.6. The van der Waals surface area contributed by atoms with Gasteiger partial charge in [-0.05, 0) is 24.1 Å². The number of nitrogens with zero attached hydrogens (tertiary/aromatic N) is 2. The second-order valence-electron chi connectivity index (χ2n) is 7.58. The second kappa shape index (κ2) is 8.37. The number of ether oxygens (including phenoxy) is 1. The Kier molecular flexibility index (Phi) is 5.71. The summed E-state index contributed by atoms with van der Waals surface area (Å²) < 4.78 is 5.81. The van der Waals surface area contributed by atoms with Crippen LogP contribution in [0.2, 0.25) is 0 Å². The van der Waals surface area contributed by atoms with Gasteiger partial charge in [-0.3, -0.25) is 19.8 Å². The molecule has 2 amide bonds. The van der Waals surface area contributed by atoms with E-state index in [0.717, 1.165) is 58.0 Å². The standard InChI is InChI=1S/C20H28N4O3/c25-19-6-5-18(20(26)22-19)15-1-3-16(4-2-15)24-10-8-23(9-11-24)14-17-13-21-7-12-27-17/h1-4,17-18,21H,5-14H2,(H,22,25,26)/t17-,18?/m0/s1. The van der Waals surface area contributed by atoms with Crippen LogP contribution < -0.4 is 15.5 Å². The molecule has 1 aromatic carbocycles. The molecule has 3 saturated heterocycles. The van der Waals surface area contributed by atoms with Crippen molar-refractivity contribution >= 4 is 17.5 Å². The summed E-state index contributed by atoms with van der Waals surface area (Å²) in [7, 11) is 0. The Morgan fingerprint density at radius 3 is 2.52 bits per heavy atom. The Labute approximate surface area is 160 Å². The number of piperidine rings is 1. The third-order valence-electron chi connectivity index (χ3n) is 5.74. The normalized spacial score (nSPS) is 27.5. The summed E-state index contributed by atoms with van der Waals surface area (Å²) in [6, 6.07) is 8.26. The average molecular weight is 372 g/mol. The lowest BCUT2D eigenvalue weighted by Gasteiger charge is -2.38. The number of hydrogen-bond acceptors (Lipinski definition) is 6. The van der Waals surface area contributed by atoms with Crippen molar-refractivity contribution in [3.8, 4) is 0 Å². The predicted molar refractivity (Wildman–Crippen MR) is 103 cm³/mol. The van der Waals surface area contributed by atoms with E-state index in [4.69, 9.17) is 4.74 Å². The second-order valence-corrected chi connectivity index (χ2v) is 7.58. The fourth-order valence-electron chi connectivity index (χ4n) is 4.14. The molecule has 2 N–H and O–H groups in total. The minimum Gasteiger partial charge on any atom is -0.374 e. The molecule has 0 aromatic heterocycles. The van der Waals surface area contributed by atoms with Crippen LogP contribution in [0.3, 0.4) is 0 Å². The number of imide groups is 1. The minimum absolute atomic E-state index is 0.167. The van der Waals surface area contributed by atoms with Gasteiger partial charge in [0.1, 0.15) is 0 Å². The van der Waals surface area contributed by atoms with Gasteiger partial charge < -0.3 is 15.0 Å². The van der Waals surface area contributed by atoms with Crippen molar-refractivity contribution in [2.45, 2.75) is 24.9 Å². The molecule has 3 aliphatic rings. The van der Waals surface area contributed by atoms with Crippen molar-refractivity contribution in [3.05, 3.63) is 29.8 Å². The zero-order valence-electron chi connectivity index (χ0n) is 15.7. The number of carbonyl (C=O) groups excluding carboxylic acids is 2. The number of amides is 2. The van der Waals surface area contributed by atoms with E-state index in [2.05, 4.69) is 32.6 Å². The van der Waals surface area contributed by atoms with Crippen LogP contribution in [-0.4, -0.2) is 75.2 Å². The topological polar surface area (TPSA) is 73.9 Å². The molecule has 1 aromatic rings. The van der Waals surface area contributed by atoms with Crippen molar-refractivity contribution in [1.29, 1.82) is 0 Å². The summed E-state index contributed by atoms with van der Waals surface area (Å²) >= 11 is 0. The van der Waals surface area contributed by atoms with Crippen molar-refractivity contribution in [2.75, 3.05) is 57.3 Å². The zero-order valence-corrected chi connectivity index (χ0v) is 15.7. The number of piperazine rings is 1. The van der Waals surface area contributed by atoms with Gasteiger partial charge in [-0.2, -0.15) is 0 Å². The lowest BCUT2D eigenvalue weighted by atomic mass is 9.90. The fraction of sp³-hybridized carbons (Fsp3) is 0.600. The molecule has 27 heavy (non-hydrogen) atoms. The maximum Gasteiger partial charge on any atom is 0.234 e. The number of hydrogen-bond donors (Lipinski definition) is 2. The summed E-state index contributed by atoms with van der Waals surface area (Å²) in [6.07, 6.45) is 1.32. The Hall–Kier alpha value is -1.96. The molecule has 146 valence electrons. The van der Waals surface area contributed by atoms with Gasteiger partial charge in [-0.25, -0.2) is 0 Å². The number of rotatable bonds is 4. The number of anilines is 1. The Balaban J connectivity index is 1.29. The van der Waals surface area contributed by atoms with Crippen LogP contribution >= 0.6 is 0 Å². The van der Waals surface area contributed by atoms with Gasteiger partial charge in [0.15, 0.2) is 0 Å². The van der Waals surface area contributed by atoms with E-state index in [1.165, 1.54) is 5.69 Å². The highest BCUT2D eigenvalue weighted by molar-refractivity contribution is 6.00. The highest BCUT2D eigenvalue weighted by atomic mass is 16.5. The molecule has 3 heterocycles. The number of carbonyl (C=O) groups is 2. The third-order valence-corrected chi connectivity index (χ3v) is 5.74. The summed E-state index contributed by atoms with van der Waals surface area (Å²) in [5.74, 6) is -0.551. The smallest absolute Gasteiger partial charge is 0.234 e. The van der Waals surface area contributed by atoms with Gasteiger partial charge in [0.2, 0.25) is 11.8 Å². The molecule has 4 rings (SSSR count). The van der Waals surface area contributed by atoms with E-state index in [1.807, 2.05) is 12.1 Å². The van der Waals surface area contributed by atoms with Gasteiger partial charge >= 0.3 is 0 Å². The molecular formula is C20H28N4O3. The Bertz CT molecular complexity index is 664. The first kappa shape index (κ1) is 18.4. The Morgan fingerprint density at radius 1 is 1.07 bits per heavy atom. The van der Waals surface area contributed by atoms with Crippen LogP contribution in [0.4, 0.5) is 5.69 Å². The van der Waals surface area contributed by atoms with Crippen LogP contribution in [0, 0.1) is 0 Å². The monoisotopic (exact) mass is 372 g/mol. The molecule has 1 unspecified atom stereocenters. The number of nitrogens with one attached hydrogen (secondary N) is 2. The first-order chi connectivity index (χ1) is 13.2. The van der Waals surface area contributed by atoms with Gasteiger partial charge in [0.25, 0.3) is 0 Å². The highest BCUT2D eigenvalue weighted by Gasteiger charge is 2.28. The highest BCUT2D eigenvalue weighted by Crippen LogP contribution is 2.27. The molecule has 0 aliphatic carbocycles. The van der Waals surface area contributed by atoms with Crippen molar-refractivity contribution < 1.29 is 14.3 Å². The summed E-state index contributed by atoms with van der Waals surface area (Å²) in [4.78, 5) is 28.2. The SMILES string of the molecule is O=C1CCC(c2ccc(N3CCN(C[C@@H]4CNCCO4)CC3)cc2)C(=O)N1. The maximum atomic E-state index is 12.0. The average Bonchev–Trinajstić information content (AvgIpc) is 2.70. The number of benzene rings is 1. The third kappa shape index (κ3) is 4.48.